The molecule has 8 nitrogen and oxygen atoms in total. The molecule has 0 aliphatic carbocycles. The van der Waals surface area contributed by atoms with Gasteiger partial charge in [-0.2, -0.15) is 0 Å². The number of nitrogens with one attached hydrogen (secondary N) is 2. The normalized spacial score (nSPS) is 20.3. The number of nitrogens with zero attached hydrogens (tertiary/aromatic N) is 2. The lowest BCUT2D eigenvalue weighted by Gasteiger charge is -2.21. The fraction of sp³-hybridized carbons (Fsp3) is 0.438. The molecule has 24 heavy (non-hydrogen) atoms. The number of carbonyl (C=O) groups excluding carboxylic acids is 3. The van der Waals surface area contributed by atoms with E-state index in [2.05, 4.69) is 10.6 Å². The van der Waals surface area contributed by atoms with Crippen LogP contribution in [-0.4, -0.2) is 60.6 Å². The number of ether oxygens (including phenoxy) is 1. The van der Waals surface area contributed by atoms with Gasteiger partial charge >= 0.3 is 12.1 Å². The van der Waals surface area contributed by atoms with Gasteiger partial charge in [0.1, 0.15) is 5.75 Å². The molecule has 1 aromatic rings. The van der Waals surface area contributed by atoms with Gasteiger partial charge in [-0.15, -0.1) is 0 Å². The molecule has 3 rings (SSSR count). The molecule has 2 heterocycles. The molecular formula is C16H20N4O4. The molecule has 2 aliphatic heterocycles. The van der Waals surface area contributed by atoms with Crippen LogP contribution < -0.4 is 15.4 Å². The van der Waals surface area contributed by atoms with Crippen LogP contribution in [0.5, 0.6) is 5.75 Å². The van der Waals surface area contributed by atoms with E-state index in [1.165, 1.54) is 4.90 Å². The van der Waals surface area contributed by atoms with E-state index in [9.17, 15) is 14.4 Å². The molecule has 0 aromatic heterocycles. The zero-order chi connectivity index (χ0) is 17.1. The van der Waals surface area contributed by atoms with Crippen LogP contribution in [-0.2, 0) is 11.3 Å². The van der Waals surface area contributed by atoms with E-state index in [4.69, 9.17) is 4.74 Å². The van der Waals surface area contributed by atoms with Crippen molar-refractivity contribution in [3.8, 4) is 5.75 Å². The highest BCUT2D eigenvalue weighted by molar-refractivity contribution is 6.02. The van der Waals surface area contributed by atoms with Crippen LogP contribution >= 0.6 is 0 Å². The SMILES string of the molecule is COc1ccc(CNC(=O)N2CCC(N3C(=O)CNC3=O)C2)cc1. The van der Waals surface area contributed by atoms with Crippen LogP contribution in [0.1, 0.15) is 12.0 Å². The third kappa shape index (κ3) is 3.27. The Morgan fingerprint density at radius 3 is 2.71 bits per heavy atom. The Balaban J connectivity index is 1.51. The fourth-order valence-corrected chi connectivity index (χ4v) is 2.97. The van der Waals surface area contributed by atoms with E-state index in [0.717, 1.165) is 11.3 Å². The van der Waals surface area contributed by atoms with Gasteiger partial charge in [0.2, 0.25) is 5.91 Å². The first-order chi connectivity index (χ1) is 11.6. The van der Waals surface area contributed by atoms with Gasteiger partial charge in [-0.1, -0.05) is 12.1 Å². The molecule has 5 amide bonds. The molecule has 2 saturated heterocycles. The summed E-state index contributed by atoms with van der Waals surface area (Å²) in [5, 5.41) is 5.36. The Kier molecular flexibility index (Phi) is 4.54. The fourth-order valence-electron chi connectivity index (χ4n) is 2.97. The molecule has 2 aliphatic rings. The Bertz CT molecular complexity index is 630. The highest BCUT2D eigenvalue weighted by Crippen LogP contribution is 2.18. The molecule has 128 valence electrons. The number of hydrogen-bond donors (Lipinski definition) is 2. The van der Waals surface area contributed by atoms with Gasteiger partial charge in [0.25, 0.3) is 0 Å². The summed E-state index contributed by atoms with van der Waals surface area (Å²) in [4.78, 5) is 38.5. The van der Waals surface area contributed by atoms with Gasteiger partial charge < -0.3 is 20.3 Å². The summed E-state index contributed by atoms with van der Waals surface area (Å²) >= 11 is 0. The molecule has 0 bridgehead atoms. The molecule has 1 aromatic carbocycles. The number of amides is 5. The van der Waals surface area contributed by atoms with E-state index >= 15 is 0 Å². The van der Waals surface area contributed by atoms with E-state index < -0.39 is 0 Å². The van der Waals surface area contributed by atoms with Gasteiger partial charge in [0, 0.05) is 19.6 Å². The third-order valence-electron chi connectivity index (χ3n) is 4.30. The highest BCUT2D eigenvalue weighted by Gasteiger charge is 2.39. The highest BCUT2D eigenvalue weighted by atomic mass is 16.5. The predicted octanol–water partition coefficient (Wildman–Crippen LogP) is 0.531. The first kappa shape index (κ1) is 16.1. The lowest BCUT2D eigenvalue weighted by molar-refractivity contribution is -0.126. The van der Waals surface area contributed by atoms with E-state index in [1.807, 2.05) is 24.3 Å². The second kappa shape index (κ2) is 6.77. The molecule has 0 spiro atoms. The zero-order valence-corrected chi connectivity index (χ0v) is 13.4. The van der Waals surface area contributed by atoms with Crippen molar-refractivity contribution in [3.05, 3.63) is 29.8 Å². The van der Waals surface area contributed by atoms with E-state index in [-0.39, 0.29) is 30.6 Å². The monoisotopic (exact) mass is 332 g/mol. The van der Waals surface area contributed by atoms with Crippen molar-refractivity contribution < 1.29 is 19.1 Å². The first-order valence-electron chi connectivity index (χ1n) is 7.84. The summed E-state index contributed by atoms with van der Waals surface area (Å²) in [6.45, 7) is 1.34. The second-order valence-electron chi connectivity index (χ2n) is 5.82. The first-order valence-corrected chi connectivity index (χ1v) is 7.84. The largest absolute Gasteiger partial charge is 0.497 e. The summed E-state index contributed by atoms with van der Waals surface area (Å²) in [5.74, 6) is 0.534. The summed E-state index contributed by atoms with van der Waals surface area (Å²) in [6, 6.07) is 6.64. The molecular weight excluding hydrogens is 312 g/mol. The maximum absolute atomic E-state index is 12.3. The topological polar surface area (TPSA) is 91.0 Å². The minimum absolute atomic E-state index is 0.0407. The quantitative estimate of drug-likeness (QED) is 0.787. The number of rotatable bonds is 4. The Morgan fingerprint density at radius 2 is 2.08 bits per heavy atom. The van der Waals surface area contributed by atoms with Gasteiger partial charge in [-0.25, -0.2) is 9.59 Å². The summed E-state index contributed by atoms with van der Waals surface area (Å²) < 4.78 is 5.09. The lowest BCUT2D eigenvalue weighted by Crippen LogP contribution is -2.44. The Morgan fingerprint density at radius 1 is 1.33 bits per heavy atom. The molecule has 0 radical (unpaired) electrons. The van der Waals surface area contributed by atoms with Crippen LogP contribution in [0, 0.1) is 0 Å². The van der Waals surface area contributed by atoms with Crippen LogP contribution in [0.25, 0.3) is 0 Å². The van der Waals surface area contributed by atoms with E-state index in [1.54, 1.807) is 12.0 Å². The molecule has 2 fully saturated rings. The number of benzene rings is 1. The zero-order valence-electron chi connectivity index (χ0n) is 13.4. The van der Waals surface area contributed by atoms with Gasteiger partial charge in [-0.3, -0.25) is 9.69 Å². The standard InChI is InChI=1S/C16H20N4O4/c1-24-13-4-2-11(3-5-13)8-17-15(22)19-7-6-12(10-19)20-14(21)9-18-16(20)23/h2-5,12H,6-10H2,1H3,(H,17,22)(H,18,23). The van der Waals surface area contributed by atoms with Crippen molar-refractivity contribution in [2.75, 3.05) is 26.7 Å². The maximum Gasteiger partial charge on any atom is 0.324 e. The van der Waals surface area contributed by atoms with Crippen LogP contribution in [0.4, 0.5) is 9.59 Å². The predicted molar refractivity (Wildman–Crippen MR) is 85.5 cm³/mol. The van der Waals surface area contributed by atoms with Crippen LogP contribution in [0.3, 0.4) is 0 Å². The minimum Gasteiger partial charge on any atom is -0.497 e. The van der Waals surface area contributed by atoms with Crippen molar-refractivity contribution in [1.82, 2.24) is 20.4 Å². The number of urea groups is 2. The van der Waals surface area contributed by atoms with E-state index in [0.29, 0.717) is 26.1 Å². The van der Waals surface area contributed by atoms with Crippen LogP contribution in [0.2, 0.25) is 0 Å². The van der Waals surface area contributed by atoms with Gasteiger partial charge in [-0.05, 0) is 24.1 Å². The number of imide groups is 1. The van der Waals surface area contributed by atoms with Crippen molar-refractivity contribution in [2.24, 2.45) is 0 Å². The third-order valence-corrected chi connectivity index (χ3v) is 4.30. The Labute approximate surface area is 139 Å². The molecule has 1 unspecified atom stereocenters. The molecule has 0 saturated carbocycles. The van der Waals surface area contributed by atoms with Crippen molar-refractivity contribution in [3.63, 3.8) is 0 Å². The number of likely N-dealkylation sites (tertiary alicyclic amines) is 1. The summed E-state index contributed by atoms with van der Waals surface area (Å²) in [5.41, 5.74) is 0.967. The average molecular weight is 332 g/mol. The lowest BCUT2D eigenvalue weighted by atomic mass is 10.2. The number of hydrogen-bond acceptors (Lipinski definition) is 4. The minimum atomic E-state index is -0.370. The molecule has 1 atom stereocenters. The average Bonchev–Trinajstić information content (AvgIpc) is 3.20. The maximum atomic E-state index is 12.3. The second-order valence-corrected chi connectivity index (χ2v) is 5.82. The van der Waals surface area contributed by atoms with Crippen molar-refractivity contribution in [1.29, 1.82) is 0 Å². The smallest absolute Gasteiger partial charge is 0.324 e. The number of methoxy groups -OCH3 is 1. The van der Waals surface area contributed by atoms with Crippen molar-refractivity contribution >= 4 is 18.0 Å². The molecule has 2 N–H and O–H groups in total. The number of carbonyl (C=O) groups is 3. The summed E-state index contributed by atoms with van der Waals surface area (Å²) in [7, 11) is 1.60. The molecule has 8 heteroatoms. The van der Waals surface area contributed by atoms with Gasteiger partial charge in [0.05, 0.1) is 19.7 Å². The Hall–Kier alpha value is -2.77. The summed E-state index contributed by atoms with van der Waals surface area (Å²) in [6.07, 6.45) is 0.606. The van der Waals surface area contributed by atoms with Crippen molar-refractivity contribution in [2.45, 2.75) is 19.0 Å². The van der Waals surface area contributed by atoms with Gasteiger partial charge in [0.15, 0.2) is 0 Å². The van der Waals surface area contributed by atoms with Crippen LogP contribution in [0.15, 0.2) is 24.3 Å².